The Morgan fingerprint density at radius 2 is 1.75 bits per heavy atom. The van der Waals surface area contributed by atoms with Gasteiger partial charge in [-0.15, -0.1) is 0 Å². The standard InChI is InChI=1S/C7H7O4P.C4H10/c8-7(11-12(9)10)6-4-2-1-3-5-6;1-3-4-2/h1-5,12H,(H,9,10);3-4H2,1-2H3. The van der Waals surface area contributed by atoms with E-state index in [2.05, 4.69) is 18.4 Å². The Kier molecular flexibility index (Phi) is 8.49. The topological polar surface area (TPSA) is 63.6 Å². The van der Waals surface area contributed by atoms with Gasteiger partial charge in [0.15, 0.2) is 0 Å². The van der Waals surface area contributed by atoms with E-state index in [9.17, 15) is 9.36 Å². The SMILES string of the molecule is CCCC.O=C(O[PH](=O)O)c1ccccc1. The van der Waals surface area contributed by atoms with Crippen LogP contribution in [0.25, 0.3) is 0 Å². The van der Waals surface area contributed by atoms with Gasteiger partial charge in [0.1, 0.15) is 0 Å². The lowest BCUT2D eigenvalue weighted by Crippen LogP contribution is -1.98. The predicted molar refractivity (Wildman–Crippen MR) is 63.7 cm³/mol. The second-order valence-corrected chi connectivity index (χ2v) is 3.76. The van der Waals surface area contributed by atoms with Gasteiger partial charge in [0, 0.05) is 0 Å². The number of hydrogen-bond acceptors (Lipinski definition) is 3. The Morgan fingerprint density at radius 1 is 1.25 bits per heavy atom. The van der Waals surface area contributed by atoms with Crippen molar-refractivity contribution in [1.29, 1.82) is 0 Å². The van der Waals surface area contributed by atoms with Crippen molar-refractivity contribution >= 4 is 14.2 Å². The number of unbranched alkanes of at least 4 members (excludes halogenated alkanes) is 1. The van der Waals surface area contributed by atoms with Crippen LogP contribution < -0.4 is 0 Å². The first-order valence-electron chi connectivity index (χ1n) is 5.12. The highest BCUT2D eigenvalue weighted by Gasteiger charge is 2.07. The van der Waals surface area contributed by atoms with E-state index < -0.39 is 14.2 Å². The van der Waals surface area contributed by atoms with Crippen molar-refractivity contribution in [3.8, 4) is 0 Å². The minimum atomic E-state index is -3.18. The van der Waals surface area contributed by atoms with Gasteiger partial charge in [0.25, 0.3) is 0 Å². The zero-order chi connectivity index (χ0) is 12.4. The summed E-state index contributed by atoms with van der Waals surface area (Å²) in [5, 5.41) is 0. The van der Waals surface area contributed by atoms with Crippen molar-refractivity contribution in [3.05, 3.63) is 35.9 Å². The second kappa shape index (κ2) is 9.13. The van der Waals surface area contributed by atoms with Gasteiger partial charge in [-0.1, -0.05) is 44.9 Å². The molecule has 1 N–H and O–H groups in total. The van der Waals surface area contributed by atoms with E-state index in [0.717, 1.165) is 0 Å². The molecule has 0 heterocycles. The molecule has 0 spiro atoms. The maximum atomic E-state index is 10.9. The molecule has 1 aromatic rings. The molecule has 16 heavy (non-hydrogen) atoms. The molecular formula is C11H17O4P. The lowest BCUT2D eigenvalue weighted by molar-refractivity contribution is 0.0731. The van der Waals surface area contributed by atoms with E-state index in [1.54, 1.807) is 18.2 Å². The highest BCUT2D eigenvalue weighted by Crippen LogP contribution is 2.17. The predicted octanol–water partition coefficient (Wildman–Crippen LogP) is 3.03. The maximum Gasteiger partial charge on any atom is 0.367 e. The molecule has 0 fully saturated rings. The molecule has 1 aromatic carbocycles. The number of rotatable bonds is 3. The molecule has 0 saturated heterocycles. The maximum absolute atomic E-state index is 10.9. The van der Waals surface area contributed by atoms with Crippen LogP contribution in [-0.4, -0.2) is 10.9 Å². The minimum absolute atomic E-state index is 0.268. The van der Waals surface area contributed by atoms with E-state index >= 15 is 0 Å². The Balaban J connectivity index is 0.000000487. The van der Waals surface area contributed by atoms with Gasteiger partial charge in [-0.3, -0.25) is 0 Å². The molecule has 0 saturated carbocycles. The van der Waals surface area contributed by atoms with Crippen molar-refractivity contribution in [2.75, 3.05) is 0 Å². The largest absolute Gasteiger partial charge is 0.390 e. The van der Waals surface area contributed by atoms with Gasteiger partial charge in [0.05, 0.1) is 5.56 Å². The summed E-state index contributed by atoms with van der Waals surface area (Å²) in [5.41, 5.74) is 0.268. The Labute approximate surface area is 96.2 Å². The van der Waals surface area contributed by atoms with Gasteiger partial charge < -0.3 is 9.42 Å². The summed E-state index contributed by atoms with van der Waals surface area (Å²) >= 11 is 0. The third kappa shape index (κ3) is 7.21. The Hall–Kier alpha value is -1.12. The molecule has 4 nitrogen and oxygen atoms in total. The molecule has 0 amide bonds. The summed E-state index contributed by atoms with van der Waals surface area (Å²) in [7, 11) is -3.18. The minimum Gasteiger partial charge on any atom is -0.390 e. The molecule has 90 valence electrons. The summed E-state index contributed by atoms with van der Waals surface area (Å²) < 4.78 is 14.2. The first-order valence-corrected chi connectivity index (χ1v) is 6.38. The Morgan fingerprint density at radius 3 is 2.12 bits per heavy atom. The van der Waals surface area contributed by atoms with Crippen LogP contribution in [0.4, 0.5) is 0 Å². The molecule has 0 bridgehead atoms. The number of carbonyl (C=O) groups is 1. The highest BCUT2D eigenvalue weighted by atomic mass is 31.1. The second-order valence-electron chi connectivity index (χ2n) is 3.02. The van der Waals surface area contributed by atoms with Gasteiger partial charge in [-0.05, 0) is 12.1 Å². The van der Waals surface area contributed by atoms with Crippen molar-refractivity contribution in [3.63, 3.8) is 0 Å². The molecule has 5 heteroatoms. The third-order valence-electron chi connectivity index (χ3n) is 1.69. The van der Waals surface area contributed by atoms with Crippen LogP contribution >= 0.6 is 8.25 Å². The monoisotopic (exact) mass is 244 g/mol. The molecule has 0 aliphatic rings. The fraction of sp³-hybridized carbons (Fsp3) is 0.364. The van der Waals surface area contributed by atoms with Crippen molar-refractivity contribution < 1.29 is 18.8 Å². The van der Waals surface area contributed by atoms with Gasteiger partial charge in [0.2, 0.25) is 0 Å². The van der Waals surface area contributed by atoms with Crippen LogP contribution in [-0.2, 0) is 9.09 Å². The normalized spacial score (nSPS) is 10.9. The average Bonchev–Trinajstić information content (AvgIpc) is 2.30. The van der Waals surface area contributed by atoms with Crippen LogP contribution in [0, 0.1) is 0 Å². The first-order chi connectivity index (χ1) is 7.61. The smallest absolute Gasteiger partial charge is 0.367 e. The number of benzene rings is 1. The fourth-order valence-electron chi connectivity index (χ4n) is 0.712. The van der Waals surface area contributed by atoms with Crippen LogP contribution in [0.1, 0.15) is 37.0 Å². The molecule has 1 rings (SSSR count). The average molecular weight is 244 g/mol. The Bertz CT molecular complexity index is 322. The van der Waals surface area contributed by atoms with Gasteiger partial charge in [-0.2, -0.15) is 0 Å². The summed E-state index contributed by atoms with van der Waals surface area (Å²) in [6.07, 6.45) is 2.64. The van der Waals surface area contributed by atoms with Gasteiger partial charge >= 0.3 is 14.2 Å². The summed E-state index contributed by atoms with van der Waals surface area (Å²) in [6, 6.07) is 8.04. The molecule has 0 radical (unpaired) electrons. The summed E-state index contributed by atoms with van der Waals surface area (Å²) in [6.45, 7) is 4.36. The molecule has 0 aliphatic carbocycles. The van der Waals surface area contributed by atoms with E-state index in [0.29, 0.717) is 0 Å². The van der Waals surface area contributed by atoms with Crippen molar-refractivity contribution in [1.82, 2.24) is 0 Å². The quantitative estimate of drug-likeness (QED) is 0.830. The summed E-state index contributed by atoms with van der Waals surface area (Å²) in [5.74, 6) is -0.776. The molecular weight excluding hydrogens is 227 g/mol. The van der Waals surface area contributed by atoms with Gasteiger partial charge in [-0.25, -0.2) is 9.36 Å². The molecule has 0 aliphatic heterocycles. The first kappa shape index (κ1) is 14.9. The van der Waals surface area contributed by atoms with E-state index in [1.807, 2.05) is 0 Å². The number of hydrogen-bond donors (Lipinski definition) is 1. The lowest BCUT2D eigenvalue weighted by Gasteiger charge is -1.98. The van der Waals surface area contributed by atoms with Crippen LogP contribution in [0.3, 0.4) is 0 Å². The zero-order valence-electron chi connectivity index (χ0n) is 9.47. The zero-order valence-corrected chi connectivity index (χ0v) is 10.5. The lowest BCUT2D eigenvalue weighted by atomic mass is 10.2. The third-order valence-corrected chi connectivity index (χ3v) is 2.05. The highest BCUT2D eigenvalue weighted by molar-refractivity contribution is 7.32. The van der Waals surface area contributed by atoms with E-state index in [1.165, 1.54) is 25.0 Å². The van der Waals surface area contributed by atoms with E-state index in [4.69, 9.17) is 4.89 Å². The van der Waals surface area contributed by atoms with Crippen molar-refractivity contribution in [2.24, 2.45) is 0 Å². The molecule has 1 atom stereocenters. The number of carbonyl (C=O) groups excluding carboxylic acids is 1. The van der Waals surface area contributed by atoms with Crippen LogP contribution in [0.2, 0.25) is 0 Å². The molecule has 1 unspecified atom stereocenters. The fourth-order valence-corrected chi connectivity index (χ4v) is 0.989. The van der Waals surface area contributed by atoms with Crippen molar-refractivity contribution in [2.45, 2.75) is 26.7 Å². The van der Waals surface area contributed by atoms with Crippen LogP contribution in [0.15, 0.2) is 30.3 Å². The molecule has 0 aromatic heterocycles. The van der Waals surface area contributed by atoms with E-state index in [-0.39, 0.29) is 5.56 Å². The van der Waals surface area contributed by atoms with Crippen LogP contribution in [0.5, 0.6) is 0 Å². The summed E-state index contributed by atoms with van der Waals surface area (Å²) in [4.78, 5) is 19.2.